The second-order valence-corrected chi connectivity index (χ2v) is 7.59. The van der Waals surface area contributed by atoms with Crippen LogP contribution in [0.3, 0.4) is 0 Å². The highest BCUT2D eigenvalue weighted by Gasteiger charge is 2.24. The lowest BCUT2D eigenvalue weighted by atomic mass is 9.95. The van der Waals surface area contributed by atoms with Crippen molar-refractivity contribution in [1.82, 2.24) is 10.0 Å². The Hall–Kier alpha value is -1.80. The summed E-state index contributed by atoms with van der Waals surface area (Å²) in [4.78, 5) is 0.177. The van der Waals surface area contributed by atoms with Crippen molar-refractivity contribution in [1.29, 1.82) is 0 Å². The van der Waals surface area contributed by atoms with E-state index in [0.29, 0.717) is 18.0 Å². The van der Waals surface area contributed by atoms with E-state index in [9.17, 15) is 8.42 Å². The zero-order valence-electron chi connectivity index (χ0n) is 13.4. The molecule has 2 aliphatic rings. The average molecular weight is 383 g/mol. The molecule has 2 aliphatic heterocycles. The van der Waals surface area contributed by atoms with Gasteiger partial charge in [-0.25, -0.2) is 13.1 Å². The maximum absolute atomic E-state index is 12.6. The fraction of sp³-hybridized carbons (Fsp3) is 0.294. The van der Waals surface area contributed by atoms with Gasteiger partial charge in [0.25, 0.3) is 0 Å². The molecule has 6 nitrogen and oxygen atoms in total. The highest BCUT2D eigenvalue weighted by atomic mass is 35.5. The van der Waals surface area contributed by atoms with Crippen LogP contribution in [-0.4, -0.2) is 28.3 Å². The number of nitrogens with one attached hydrogen (secondary N) is 2. The highest BCUT2D eigenvalue weighted by Crippen LogP contribution is 2.33. The largest absolute Gasteiger partial charge is 0.454 e. The topological polar surface area (TPSA) is 76.7 Å². The normalized spacial score (nSPS) is 18.3. The van der Waals surface area contributed by atoms with Gasteiger partial charge in [-0.2, -0.15) is 0 Å². The van der Waals surface area contributed by atoms with Crippen molar-refractivity contribution in [2.24, 2.45) is 0 Å². The third-order valence-corrected chi connectivity index (χ3v) is 5.77. The van der Waals surface area contributed by atoms with Gasteiger partial charge >= 0.3 is 0 Å². The Kier molecular flexibility index (Phi) is 5.19. The SMILES string of the molecule is Cl.O=S(=O)(NCC1NCCc2ccccc21)c1ccc2c(c1)OCO2. The number of hydrogen-bond acceptors (Lipinski definition) is 5. The highest BCUT2D eigenvalue weighted by molar-refractivity contribution is 7.89. The van der Waals surface area contributed by atoms with Crippen LogP contribution in [0.15, 0.2) is 47.4 Å². The molecule has 1 atom stereocenters. The third kappa shape index (κ3) is 3.59. The molecule has 4 rings (SSSR count). The Morgan fingerprint density at radius 2 is 1.92 bits per heavy atom. The number of hydrogen-bond donors (Lipinski definition) is 2. The molecule has 0 aliphatic carbocycles. The van der Waals surface area contributed by atoms with Crippen molar-refractivity contribution in [3.63, 3.8) is 0 Å². The molecule has 2 N–H and O–H groups in total. The molecular weight excluding hydrogens is 364 g/mol. The summed E-state index contributed by atoms with van der Waals surface area (Å²) in [6.45, 7) is 1.26. The monoisotopic (exact) mass is 382 g/mol. The van der Waals surface area contributed by atoms with Crippen LogP contribution in [0.2, 0.25) is 0 Å². The van der Waals surface area contributed by atoms with E-state index in [-0.39, 0.29) is 30.1 Å². The van der Waals surface area contributed by atoms with E-state index in [0.717, 1.165) is 18.5 Å². The van der Waals surface area contributed by atoms with Crippen molar-refractivity contribution in [3.05, 3.63) is 53.6 Å². The minimum absolute atomic E-state index is 0. The first kappa shape index (κ1) is 18.0. The van der Waals surface area contributed by atoms with Gasteiger partial charge in [0.1, 0.15) is 0 Å². The average Bonchev–Trinajstić information content (AvgIpc) is 3.07. The molecule has 8 heteroatoms. The van der Waals surface area contributed by atoms with Gasteiger partial charge in [0, 0.05) is 18.7 Å². The Bertz CT molecular complexity index is 873. The number of rotatable bonds is 4. The molecule has 134 valence electrons. The van der Waals surface area contributed by atoms with Crippen LogP contribution in [-0.2, 0) is 16.4 Å². The van der Waals surface area contributed by atoms with Crippen LogP contribution in [0.5, 0.6) is 11.5 Å². The molecule has 0 saturated carbocycles. The fourth-order valence-corrected chi connectivity index (χ4v) is 4.16. The maximum Gasteiger partial charge on any atom is 0.240 e. The van der Waals surface area contributed by atoms with Crippen LogP contribution in [0.25, 0.3) is 0 Å². The number of benzene rings is 2. The second-order valence-electron chi connectivity index (χ2n) is 5.82. The molecule has 2 heterocycles. The van der Waals surface area contributed by atoms with Crippen LogP contribution in [0.1, 0.15) is 17.2 Å². The Balaban J connectivity index is 0.00000182. The number of halogens is 1. The van der Waals surface area contributed by atoms with E-state index >= 15 is 0 Å². The fourth-order valence-electron chi connectivity index (χ4n) is 3.10. The third-order valence-electron chi connectivity index (χ3n) is 4.35. The molecule has 0 saturated heterocycles. The molecular formula is C17H19ClN2O4S. The summed E-state index contributed by atoms with van der Waals surface area (Å²) in [7, 11) is -3.61. The van der Waals surface area contributed by atoms with Crippen molar-refractivity contribution < 1.29 is 17.9 Å². The van der Waals surface area contributed by atoms with Crippen LogP contribution >= 0.6 is 12.4 Å². The van der Waals surface area contributed by atoms with Gasteiger partial charge in [0.15, 0.2) is 11.5 Å². The summed E-state index contributed by atoms with van der Waals surface area (Å²) in [6, 6.07) is 12.7. The predicted molar refractivity (Wildman–Crippen MR) is 95.9 cm³/mol. The number of sulfonamides is 1. The van der Waals surface area contributed by atoms with Gasteiger partial charge < -0.3 is 14.8 Å². The molecule has 0 bridgehead atoms. The van der Waals surface area contributed by atoms with Gasteiger partial charge in [0.2, 0.25) is 16.8 Å². The number of ether oxygens (including phenoxy) is 2. The maximum atomic E-state index is 12.6. The summed E-state index contributed by atoms with van der Waals surface area (Å²) < 4.78 is 38.3. The second kappa shape index (κ2) is 7.21. The molecule has 0 spiro atoms. The molecule has 2 aromatic rings. The summed E-state index contributed by atoms with van der Waals surface area (Å²) in [5, 5.41) is 3.37. The van der Waals surface area contributed by atoms with Crippen molar-refractivity contribution in [2.45, 2.75) is 17.4 Å². The van der Waals surface area contributed by atoms with Crippen LogP contribution in [0, 0.1) is 0 Å². The molecule has 0 radical (unpaired) electrons. The lowest BCUT2D eigenvalue weighted by Gasteiger charge is -2.27. The van der Waals surface area contributed by atoms with Gasteiger partial charge in [-0.3, -0.25) is 0 Å². The standard InChI is InChI=1S/C17H18N2O4S.ClH/c20-24(21,13-5-6-16-17(9-13)23-11-22-16)19-10-15-14-4-2-1-3-12(14)7-8-18-15;/h1-6,9,15,18-19H,7-8,10-11H2;1H. The molecule has 0 aromatic heterocycles. The first-order chi connectivity index (χ1) is 11.6. The number of fused-ring (bicyclic) bond motifs is 2. The summed E-state index contributed by atoms with van der Waals surface area (Å²) in [5.41, 5.74) is 2.42. The van der Waals surface area contributed by atoms with E-state index in [1.165, 1.54) is 17.7 Å². The zero-order valence-corrected chi connectivity index (χ0v) is 15.0. The Labute approximate surface area is 153 Å². The van der Waals surface area contributed by atoms with E-state index in [2.05, 4.69) is 16.1 Å². The lowest BCUT2D eigenvalue weighted by Crippen LogP contribution is -2.38. The van der Waals surface area contributed by atoms with Crippen LogP contribution in [0.4, 0.5) is 0 Å². The molecule has 1 unspecified atom stereocenters. The van der Waals surface area contributed by atoms with E-state index in [1.54, 1.807) is 6.07 Å². The van der Waals surface area contributed by atoms with E-state index in [4.69, 9.17) is 9.47 Å². The lowest BCUT2D eigenvalue weighted by molar-refractivity contribution is 0.174. The predicted octanol–water partition coefficient (Wildman–Crippen LogP) is 2.00. The van der Waals surface area contributed by atoms with Crippen molar-refractivity contribution in [2.75, 3.05) is 19.9 Å². The van der Waals surface area contributed by atoms with Gasteiger partial charge in [-0.1, -0.05) is 24.3 Å². The van der Waals surface area contributed by atoms with Gasteiger partial charge in [-0.15, -0.1) is 12.4 Å². The summed E-state index contributed by atoms with van der Waals surface area (Å²) >= 11 is 0. The van der Waals surface area contributed by atoms with Crippen molar-refractivity contribution in [3.8, 4) is 11.5 Å². The summed E-state index contributed by atoms with van der Waals surface area (Å²) in [6.07, 6.45) is 0.960. The quantitative estimate of drug-likeness (QED) is 0.845. The van der Waals surface area contributed by atoms with E-state index in [1.807, 2.05) is 18.2 Å². The molecule has 0 amide bonds. The van der Waals surface area contributed by atoms with Crippen molar-refractivity contribution >= 4 is 22.4 Å². The minimum atomic E-state index is -3.61. The molecule has 0 fully saturated rings. The Morgan fingerprint density at radius 1 is 1.12 bits per heavy atom. The molecule has 2 aromatic carbocycles. The van der Waals surface area contributed by atoms with Gasteiger partial charge in [0.05, 0.1) is 4.90 Å². The Morgan fingerprint density at radius 3 is 2.80 bits per heavy atom. The minimum Gasteiger partial charge on any atom is -0.454 e. The summed E-state index contributed by atoms with van der Waals surface area (Å²) in [5.74, 6) is 1.02. The van der Waals surface area contributed by atoms with Gasteiger partial charge in [-0.05, 0) is 36.2 Å². The zero-order chi connectivity index (χ0) is 16.6. The first-order valence-electron chi connectivity index (χ1n) is 7.84. The first-order valence-corrected chi connectivity index (χ1v) is 9.32. The van der Waals surface area contributed by atoms with Crippen LogP contribution < -0.4 is 19.5 Å². The smallest absolute Gasteiger partial charge is 0.240 e. The van der Waals surface area contributed by atoms with E-state index < -0.39 is 10.0 Å². The molecule has 25 heavy (non-hydrogen) atoms.